The number of nitrogens with zero attached hydrogens (tertiary/aromatic N) is 4. The van der Waals surface area contributed by atoms with Crippen molar-refractivity contribution in [3.8, 4) is 5.69 Å². The molecule has 2 N–H and O–H groups in total. The number of rotatable bonds is 2. The molecule has 2 saturated heterocycles. The predicted molar refractivity (Wildman–Crippen MR) is 96.3 cm³/mol. The molecule has 2 aliphatic heterocycles. The summed E-state index contributed by atoms with van der Waals surface area (Å²) in [5.41, 5.74) is 1.70. The molecule has 7 heteroatoms. The number of aromatic amines is 1. The van der Waals surface area contributed by atoms with Crippen LogP contribution >= 0.6 is 0 Å². The molecule has 0 saturated carbocycles. The second-order valence-corrected chi connectivity index (χ2v) is 6.96. The van der Waals surface area contributed by atoms with E-state index >= 15 is 0 Å². The quantitative estimate of drug-likeness (QED) is 0.740. The highest BCUT2D eigenvalue weighted by atomic mass is 16.1. The first-order valence-corrected chi connectivity index (χ1v) is 8.78. The Balaban J connectivity index is 1.53. The van der Waals surface area contributed by atoms with Crippen molar-refractivity contribution in [3.63, 3.8) is 0 Å². The lowest BCUT2D eigenvalue weighted by atomic mass is 9.79. The monoisotopic (exact) mass is 336 g/mol. The van der Waals surface area contributed by atoms with Gasteiger partial charge in [0.25, 0.3) is 5.56 Å². The Labute approximate surface area is 144 Å². The number of anilines is 1. The SMILES string of the molecule is O=c1[nH]c(N2CCC3(CCN3)CC2)nc2c1cnn2-c1ccccc1. The molecule has 4 heterocycles. The molecule has 2 aromatic heterocycles. The Kier molecular flexibility index (Phi) is 3.18. The van der Waals surface area contributed by atoms with Gasteiger partial charge < -0.3 is 10.2 Å². The third-order valence-corrected chi connectivity index (χ3v) is 5.55. The lowest BCUT2D eigenvalue weighted by Gasteiger charge is -2.48. The topological polar surface area (TPSA) is 78.8 Å². The van der Waals surface area contributed by atoms with E-state index < -0.39 is 0 Å². The van der Waals surface area contributed by atoms with Crippen molar-refractivity contribution >= 4 is 17.0 Å². The minimum absolute atomic E-state index is 0.135. The maximum Gasteiger partial charge on any atom is 0.263 e. The number of benzene rings is 1. The van der Waals surface area contributed by atoms with Crippen LogP contribution in [-0.4, -0.2) is 44.9 Å². The number of H-pyrrole nitrogens is 1. The van der Waals surface area contributed by atoms with Crippen LogP contribution < -0.4 is 15.8 Å². The fourth-order valence-electron chi connectivity index (χ4n) is 3.87. The summed E-state index contributed by atoms with van der Waals surface area (Å²) in [6.45, 7) is 2.93. The summed E-state index contributed by atoms with van der Waals surface area (Å²) >= 11 is 0. The number of fused-ring (bicyclic) bond motifs is 1. The van der Waals surface area contributed by atoms with E-state index in [2.05, 4.69) is 20.3 Å². The van der Waals surface area contributed by atoms with E-state index in [1.54, 1.807) is 10.9 Å². The van der Waals surface area contributed by atoms with E-state index in [9.17, 15) is 4.79 Å². The minimum atomic E-state index is -0.135. The standard InChI is InChI=1S/C18H20N6O/c25-16-14-12-20-24(13-4-2-1-3-5-13)15(14)21-17(22-16)23-10-7-18(8-11-23)6-9-19-18/h1-5,12,19H,6-11H2,(H,21,22,25). The Hall–Kier alpha value is -2.67. The Morgan fingerprint density at radius 3 is 2.52 bits per heavy atom. The van der Waals surface area contributed by atoms with Crippen molar-refractivity contribution in [3.05, 3.63) is 46.9 Å². The number of piperidine rings is 1. The van der Waals surface area contributed by atoms with Crippen LogP contribution in [0, 0.1) is 0 Å². The predicted octanol–water partition coefficient (Wildman–Crippen LogP) is 1.44. The van der Waals surface area contributed by atoms with Gasteiger partial charge in [0.15, 0.2) is 5.65 Å². The van der Waals surface area contributed by atoms with Gasteiger partial charge >= 0.3 is 0 Å². The first-order valence-electron chi connectivity index (χ1n) is 8.78. The third-order valence-electron chi connectivity index (χ3n) is 5.55. The van der Waals surface area contributed by atoms with Gasteiger partial charge in [-0.2, -0.15) is 10.1 Å². The van der Waals surface area contributed by atoms with Crippen molar-refractivity contribution in [2.45, 2.75) is 24.8 Å². The smallest absolute Gasteiger partial charge is 0.263 e. The summed E-state index contributed by atoms with van der Waals surface area (Å²) in [5, 5.41) is 8.45. The van der Waals surface area contributed by atoms with Gasteiger partial charge in [0, 0.05) is 18.6 Å². The normalized spacial score (nSPS) is 19.3. The Morgan fingerprint density at radius 1 is 1.08 bits per heavy atom. The average Bonchev–Trinajstić information content (AvgIpc) is 3.06. The van der Waals surface area contributed by atoms with Crippen LogP contribution in [0.3, 0.4) is 0 Å². The van der Waals surface area contributed by atoms with Crippen molar-refractivity contribution in [2.24, 2.45) is 0 Å². The van der Waals surface area contributed by atoms with E-state index in [0.29, 0.717) is 22.5 Å². The number of hydrogen-bond acceptors (Lipinski definition) is 5. The first kappa shape index (κ1) is 14.7. The first-order chi connectivity index (χ1) is 12.2. The van der Waals surface area contributed by atoms with Gasteiger partial charge in [-0.3, -0.25) is 9.78 Å². The Morgan fingerprint density at radius 2 is 1.84 bits per heavy atom. The lowest BCUT2D eigenvalue weighted by Crippen LogP contribution is -2.62. The molecule has 25 heavy (non-hydrogen) atoms. The van der Waals surface area contributed by atoms with Crippen LogP contribution in [0.2, 0.25) is 0 Å². The molecule has 0 aliphatic carbocycles. The molecule has 5 rings (SSSR count). The van der Waals surface area contributed by atoms with Gasteiger partial charge in [-0.05, 0) is 37.9 Å². The number of para-hydroxylation sites is 1. The zero-order chi connectivity index (χ0) is 16.9. The molecule has 0 bridgehead atoms. The fraction of sp³-hybridized carbons (Fsp3) is 0.389. The van der Waals surface area contributed by atoms with Crippen LogP contribution in [0.5, 0.6) is 0 Å². The molecule has 2 aliphatic rings. The molecule has 1 aromatic carbocycles. The van der Waals surface area contributed by atoms with Crippen LogP contribution in [0.4, 0.5) is 5.95 Å². The summed E-state index contributed by atoms with van der Waals surface area (Å²) in [6, 6.07) is 9.78. The zero-order valence-corrected chi connectivity index (χ0v) is 13.9. The maximum absolute atomic E-state index is 12.5. The summed E-state index contributed by atoms with van der Waals surface area (Å²) in [5.74, 6) is 0.643. The van der Waals surface area contributed by atoms with Crippen LogP contribution in [0.25, 0.3) is 16.7 Å². The van der Waals surface area contributed by atoms with E-state index in [1.165, 1.54) is 6.42 Å². The fourth-order valence-corrected chi connectivity index (χ4v) is 3.87. The van der Waals surface area contributed by atoms with E-state index in [4.69, 9.17) is 4.98 Å². The molecule has 0 radical (unpaired) electrons. The number of nitrogens with one attached hydrogen (secondary N) is 2. The Bertz CT molecular complexity index is 962. The molecule has 3 aromatic rings. The maximum atomic E-state index is 12.5. The number of aromatic nitrogens is 4. The molecule has 0 amide bonds. The van der Waals surface area contributed by atoms with Crippen LogP contribution in [-0.2, 0) is 0 Å². The second-order valence-electron chi connectivity index (χ2n) is 6.96. The molecule has 1 spiro atoms. The number of hydrogen-bond donors (Lipinski definition) is 2. The largest absolute Gasteiger partial charge is 0.342 e. The van der Waals surface area contributed by atoms with E-state index in [0.717, 1.165) is 38.2 Å². The van der Waals surface area contributed by atoms with Crippen molar-refractivity contribution < 1.29 is 0 Å². The zero-order valence-electron chi connectivity index (χ0n) is 13.9. The lowest BCUT2D eigenvalue weighted by molar-refractivity contribution is 0.163. The molecule has 0 atom stereocenters. The van der Waals surface area contributed by atoms with Crippen molar-refractivity contribution in [1.82, 2.24) is 25.1 Å². The minimum Gasteiger partial charge on any atom is -0.342 e. The molecular formula is C18H20N6O. The highest BCUT2D eigenvalue weighted by Crippen LogP contribution is 2.32. The van der Waals surface area contributed by atoms with Gasteiger partial charge in [0.1, 0.15) is 5.39 Å². The summed E-state index contributed by atoms with van der Waals surface area (Å²) in [4.78, 5) is 22.3. The van der Waals surface area contributed by atoms with Gasteiger partial charge in [-0.15, -0.1) is 0 Å². The van der Waals surface area contributed by atoms with Crippen molar-refractivity contribution in [1.29, 1.82) is 0 Å². The summed E-state index contributed by atoms with van der Waals surface area (Å²) in [7, 11) is 0. The molecule has 7 nitrogen and oxygen atoms in total. The highest BCUT2D eigenvalue weighted by Gasteiger charge is 2.39. The van der Waals surface area contributed by atoms with Gasteiger partial charge in [0.2, 0.25) is 5.95 Å². The van der Waals surface area contributed by atoms with Crippen molar-refractivity contribution in [2.75, 3.05) is 24.5 Å². The van der Waals surface area contributed by atoms with E-state index in [1.807, 2.05) is 30.3 Å². The van der Waals surface area contributed by atoms with Gasteiger partial charge in [-0.1, -0.05) is 18.2 Å². The van der Waals surface area contributed by atoms with E-state index in [-0.39, 0.29) is 5.56 Å². The molecular weight excluding hydrogens is 316 g/mol. The van der Waals surface area contributed by atoms with Gasteiger partial charge in [0.05, 0.1) is 11.9 Å². The highest BCUT2D eigenvalue weighted by molar-refractivity contribution is 5.76. The second kappa shape index (κ2) is 5.42. The summed E-state index contributed by atoms with van der Waals surface area (Å²) in [6.07, 6.45) is 5.02. The average molecular weight is 336 g/mol. The third kappa shape index (κ3) is 2.34. The molecule has 2 fully saturated rings. The molecule has 0 unspecified atom stereocenters. The van der Waals surface area contributed by atoms with Crippen LogP contribution in [0.1, 0.15) is 19.3 Å². The summed E-state index contributed by atoms with van der Waals surface area (Å²) < 4.78 is 1.73. The van der Waals surface area contributed by atoms with Gasteiger partial charge in [-0.25, -0.2) is 4.68 Å². The molecule has 128 valence electrons. The van der Waals surface area contributed by atoms with Crippen LogP contribution in [0.15, 0.2) is 41.3 Å².